The zero-order chi connectivity index (χ0) is 31.7. The third kappa shape index (κ3) is 6.44. The average Bonchev–Trinajstić information content (AvgIpc) is 3.03. The van der Waals surface area contributed by atoms with Gasteiger partial charge in [0.1, 0.15) is 0 Å². The topological polar surface area (TPSA) is 55.9 Å². The number of fused-ring (bicyclic) bond motifs is 1. The third-order valence-corrected chi connectivity index (χ3v) is 8.76. The molecule has 9 heteroatoms. The first-order valence-electron chi connectivity index (χ1n) is 15.1. The van der Waals surface area contributed by atoms with Gasteiger partial charge in [-0.2, -0.15) is 13.2 Å². The summed E-state index contributed by atoms with van der Waals surface area (Å²) in [6.45, 7) is 5.77. The van der Waals surface area contributed by atoms with Gasteiger partial charge in [0.2, 0.25) is 5.91 Å². The van der Waals surface area contributed by atoms with E-state index < -0.39 is 23.7 Å². The molecule has 0 bridgehead atoms. The molecule has 1 N–H and O–H groups in total. The van der Waals surface area contributed by atoms with Crippen LogP contribution in [0.2, 0.25) is 0 Å². The van der Waals surface area contributed by atoms with Gasteiger partial charge in [-0.15, -0.1) is 0 Å². The Kier molecular flexibility index (Phi) is 8.38. The van der Waals surface area contributed by atoms with Crippen molar-refractivity contribution in [3.63, 3.8) is 0 Å². The summed E-state index contributed by atoms with van der Waals surface area (Å²) in [5, 5.41) is 3.09. The predicted octanol–water partition coefficient (Wildman–Crippen LogP) is 6.89. The van der Waals surface area contributed by atoms with Crippen molar-refractivity contribution in [2.24, 2.45) is 0 Å². The fraction of sp³-hybridized carbons (Fsp3) is 0.278. The number of hydrogen-bond donors (Lipinski definition) is 1. The molecule has 232 valence electrons. The van der Waals surface area contributed by atoms with Gasteiger partial charge < -0.3 is 20.0 Å². The summed E-state index contributed by atoms with van der Waals surface area (Å²) in [6, 6.07) is 26.4. The normalized spacial score (nSPS) is 18.9. The van der Waals surface area contributed by atoms with E-state index in [-0.39, 0.29) is 18.4 Å². The number of alkyl halides is 3. The average molecular weight is 613 g/mol. The molecule has 4 aromatic rings. The number of hydrogen-bond acceptors (Lipinski definition) is 4. The molecule has 0 aliphatic carbocycles. The summed E-state index contributed by atoms with van der Waals surface area (Å²) in [6.07, 6.45) is -4.51. The molecule has 4 aromatic carbocycles. The van der Waals surface area contributed by atoms with E-state index in [1.807, 2.05) is 55.5 Å². The van der Waals surface area contributed by atoms with E-state index in [0.717, 1.165) is 55.1 Å². The first kappa shape index (κ1) is 30.4. The summed E-state index contributed by atoms with van der Waals surface area (Å²) in [4.78, 5) is 34.6. The minimum absolute atomic E-state index is 0.182. The zero-order valence-corrected chi connectivity index (χ0v) is 25.2. The van der Waals surface area contributed by atoms with Crippen LogP contribution in [0.15, 0.2) is 97.1 Å². The highest BCUT2D eigenvalue weighted by Crippen LogP contribution is 2.45. The van der Waals surface area contributed by atoms with Crippen LogP contribution in [0.4, 0.5) is 24.5 Å². The van der Waals surface area contributed by atoms with Crippen LogP contribution < -0.4 is 10.2 Å². The lowest BCUT2D eigenvalue weighted by Gasteiger charge is -2.42. The molecule has 0 saturated carbocycles. The van der Waals surface area contributed by atoms with Gasteiger partial charge in [-0.05, 0) is 67.1 Å². The fourth-order valence-corrected chi connectivity index (χ4v) is 6.25. The van der Waals surface area contributed by atoms with E-state index in [1.165, 1.54) is 12.1 Å². The van der Waals surface area contributed by atoms with Gasteiger partial charge in [0.15, 0.2) is 0 Å². The Balaban J connectivity index is 1.40. The fourth-order valence-electron chi connectivity index (χ4n) is 6.25. The van der Waals surface area contributed by atoms with Crippen LogP contribution in [-0.4, -0.2) is 54.8 Å². The van der Waals surface area contributed by atoms with Crippen molar-refractivity contribution in [1.29, 1.82) is 0 Å². The lowest BCUT2D eigenvalue weighted by Crippen LogP contribution is -2.45. The zero-order valence-electron chi connectivity index (χ0n) is 25.2. The molecule has 2 amide bonds. The van der Waals surface area contributed by atoms with Gasteiger partial charge in [0.05, 0.1) is 17.5 Å². The van der Waals surface area contributed by atoms with Crippen LogP contribution in [-0.2, 0) is 17.5 Å². The second-order valence-electron chi connectivity index (χ2n) is 11.9. The molecule has 6 nitrogen and oxygen atoms in total. The molecule has 2 aliphatic heterocycles. The molecule has 0 aromatic heterocycles. The molecule has 2 atom stereocenters. The lowest BCUT2D eigenvalue weighted by atomic mass is 9.78. The number of nitrogens with one attached hydrogen (secondary N) is 1. The third-order valence-electron chi connectivity index (χ3n) is 8.76. The molecular formula is C36H35F3N4O2. The molecule has 6 rings (SSSR count). The van der Waals surface area contributed by atoms with Crippen molar-refractivity contribution in [2.45, 2.75) is 31.6 Å². The van der Waals surface area contributed by atoms with Crippen molar-refractivity contribution in [3.8, 4) is 0 Å². The Morgan fingerprint density at radius 2 is 1.56 bits per heavy atom. The van der Waals surface area contributed by atoms with Crippen molar-refractivity contribution in [1.82, 2.24) is 9.80 Å². The highest BCUT2D eigenvalue weighted by molar-refractivity contribution is 6.04. The van der Waals surface area contributed by atoms with Gasteiger partial charge in [-0.3, -0.25) is 9.59 Å². The molecule has 1 saturated heterocycles. The number of piperazine rings is 1. The minimum atomic E-state index is -4.51. The maximum atomic E-state index is 14.4. The minimum Gasteiger partial charge on any atom is -0.369 e. The number of amides is 2. The van der Waals surface area contributed by atoms with Crippen LogP contribution >= 0.6 is 0 Å². The number of benzene rings is 4. The van der Waals surface area contributed by atoms with Gasteiger partial charge in [-0.25, -0.2) is 0 Å². The van der Waals surface area contributed by atoms with E-state index in [4.69, 9.17) is 0 Å². The lowest BCUT2D eigenvalue weighted by molar-refractivity contribution is -0.137. The molecule has 0 unspecified atom stereocenters. The van der Waals surface area contributed by atoms with E-state index >= 15 is 0 Å². The molecule has 1 fully saturated rings. The molecule has 0 spiro atoms. The molecule has 2 heterocycles. The molecule has 45 heavy (non-hydrogen) atoms. The number of anilines is 2. The van der Waals surface area contributed by atoms with Gasteiger partial charge in [0.25, 0.3) is 5.91 Å². The second kappa shape index (κ2) is 12.4. The quantitative estimate of drug-likeness (QED) is 0.258. The maximum absolute atomic E-state index is 14.4. The predicted molar refractivity (Wildman–Crippen MR) is 169 cm³/mol. The summed E-state index contributed by atoms with van der Waals surface area (Å²) in [5.41, 5.74) is 4.13. The van der Waals surface area contributed by atoms with E-state index in [1.54, 1.807) is 29.2 Å². The summed E-state index contributed by atoms with van der Waals surface area (Å²) in [5.74, 6) is -1.50. The Labute approximate surface area is 261 Å². The first-order chi connectivity index (χ1) is 21.6. The smallest absolute Gasteiger partial charge is 0.369 e. The highest BCUT2D eigenvalue weighted by Gasteiger charge is 2.44. The Morgan fingerprint density at radius 3 is 2.24 bits per heavy atom. The van der Waals surface area contributed by atoms with Gasteiger partial charge in [0, 0.05) is 49.7 Å². The van der Waals surface area contributed by atoms with Gasteiger partial charge >= 0.3 is 6.18 Å². The van der Waals surface area contributed by atoms with Crippen molar-refractivity contribution < 1.29 is 22.8 Å². The second-order valence-corrected chi connectivity index (χ2v) is 11.9. The molecule has 2 aliphatic rings. The number of likely N-dealkylation sites (N-methyl/N-ethyl adjacent to an activating group) is 1. The van der Waals surface area contributed by atoms with Crippen molar-refractivity contribution >= 4 is 23.2 Å². The number of rotatable bonds is 6. The Morgan fingerprint density at radius 1 is 0.867 bits per heavy atom. The van der Waals surface area contributed by atoms with Crippen LogP contribution in [0.25, 0.3) is 0 Å². The number of halogens is 3. The van der Waals surface area contributed by atoms with Crippen LogP contribution in [0.5, 0.6) is 0 Å². The SMILES string of the molecule is Cc1ccc(CN2C(=O)c3ccccc3[C@@H](C(=O)Nc3cccc(N4CCN(C)CC4)c3)[C@H]2c2ccc(C(F)(F)F)cc2)cc1. The van der Waals surface area contributed by atoms with Crippen LogP contribution in [0.3, 0.4) is 0 Å². The van der Waals surface area contributed by atoms with Crippen LogP contribution in [0.1, 0.15) is 50.1 Å². The number of nitrogens with zero attached hydrogens (tertiary/aromatic N) is 3. The van der Waals surface area contributed by atoms with Crippen molar-refractivity contribution in [3.05, 3.63) is 130 Å². The van der Waals surface area contributed by atoms with Crippen LogP contribution in [0, 0.1) is 6.92 Å². The van der Waals surface area contributed by atoms with Gasteiger partial charge in [-0.1, -0.05) is 66.2 Å². The number of carbonyl (C=O) groups excluding carboxylic acids is 2. The standard InChI is InChI=1S/C36H35F3N4O2/c1-24-10-12-25(13-11-24)23-43-33(26-14-16-27(17-15-26)36(37,38)39)32(30-8-3-4-9-31(30)35(43)45)34(44)40-28-6-5-7-29(22-28)42-20-18-41(2)19-21-42/h3-17,22,32-33H,18-21,23H2,1-2H3,(H,40,44)/t32-,33-/m1/s1. The van der Waals surface area contributed by atoms with E-state index in [0.29, 0.717) is 22.4 Å². The van der Waals surface area contributed by atoms with E-state index in [2.05, 4.69) is 22.2 Å². The number of aryl methyl sites for hydroxylation is 1. The summed E-state index contributed by atoms with van der Waals surface area (Å²) < 4.78 is 40.6. The van der Waals surface area contributed by atoms with Crippen molar-refractivity contribution in [2.75, 3.05) is 43.4 Å². The first-order valence-corrected chi connectivity index (χ1v) is 15.1. The van der Waals surface area contributed by atoms with E-state index in [9.17, 15) is 22.8 Å². The Bertz CT molecular complexity index is 1680. The molecule has 0 radical (unpaired) electrons. The number of carbonyl (C=O) groups is 2. The summed E-state index contributed by atoms with van der Waals surface area (Å²) in [7, 11) is 2.09. The largest absolute Gasteiger partial charge is 0.416 e. The molecular weight excluding hydrogens is 577 g/mol. The Hall–Kier alpha value is -4.63. The highest BCUT2D eigenvalue weighted by atomic mass is 19.4. The monoisotopic (exact) mass is 612 g/mol. The summed E-state index contributed by atoms with van der Waals surface area (Å²) >= 11 is 0. The maximum Gasteiger partial charge on any atom is 0.416 e.